The second-order valence-corrected chi connectivity index (χ2v) is 6.28. The SMILES string of the molecule is CCC1CCCC(Oc2c(C)cc(CCN)cc2C)C1. The van der Waals surface area contributed by atoms with Crippen molar-refractivity contribution in [3.05, 3.63) is 28.8 Å². The lowest BCUT2D eigenvalue weighted by atomic mass is 9.85. The lowest BCUT2D eigenvalue weighted by Crippen LogP contribution is -2.25. The smallest absolute Gasteiger partial charge is 0.125 e. The van der Waals surface area contributed by atoms with Gasteiger partial charge in [-0.3, -0.25) is 0 Å². The third kappa shape index (κ3) is 3.76. The van der Waals surface area contributed by atoms with Gasteiger partial charge in [-0.25, -0.2) is 0 Å². The van der Waals surface area contributed by atoms with Crippen molar-refractivity contribution in [2.24, 2.45) is 11.7 Å². The quantitative estimate of drug-likeness (QED) is 0.876. The summed E-state index contributed by atoms with van der Waals surface area (Å²) in [5.74, 6) is 1.96. The summed E-state index contributed by atoms with van der Waals surface area (Å²) in [5.41, 5.74) is 9.48. The first-order chi connectivity index (χ1) is 9.63. The van der Waals surface area contributed by atoms with Crippen LogP contribution >= 0.6 is 0 Å². The van der Waals surface area contributed by atoms with Crippen LogP contribution < -0.4 is 10.5 Å². The molecule has 1 saturated carbocycles. The molecule has 2 nitrogen and oxygen atoms in total. The number of nitrogens with two attached hydrogens (primary N) is 1. The summed E-state index contributed by atoms with van der Waals surface area (Å²) < 4.78 is 6.35. The molecule has 0 amide bonds. The van der Waals surface area contributed by atoms with Gasteiger partial charge in [0.25, 0.3) is 0 Å². The van der Waals surface area contributed by atoms with Crippen LogP contribution in [-0.2, 0) is 6.42 Å². The van der Waals surface area contributed by atoms with Crippen molar-refractivity contribution in [2.75, 3.05) is 6.54 Å². The van der Waals surface area contributed by atoms with E-state index >= 15 is 0 Å². The zero-order valence-electron chi connectivity index (χ0n) is 13.2. The van der Waals surface area contributed by atoms with Gasteiger partial charge < -0.3 is 10.5 Å². The Morgan fingerprint density at radius 1 is 1.20 bits per heavy atom. The first kappa shape index (κ1) is 15.4. The van der Waals surface area contributed by atoms with Crippen molar-refractivity contribution in [2.45, 2.75) is 65.4 Å². The van der Waals surface area contributed by atoms with Gasteiger partial charge in [0.15, 0.2) is 0 Å². The van der Waals surface area contributed by atoms with Crippen LogP contribution in [-0.4, -0.2) is 12.6 Å². The third-order valence-electron chi connectivity index (χ3n) is 4.55. The normalized spacial score (nSPS) is 22.8. The minimum Gasteiger partial charge on any atom is -0.490 e. The second-order valence-electron chi connectivity index (χ2n) is 6.28. The van der Waals surface area contributed by atoms with E-state index in [2.05, 4.69) is 32.9 Å². The molecule has 0 spiro atoms. The lowest BCUT2D eigenvalue weighted by molar-refractivity contribution is 0.120. The predicted molar refractivity (Wildman–Crippen MR) is 85.3 cm³/mol. The number of ether oxygens (including phenoxy) is 1. The summed E-state index contributed by atoms with van der Waals surface area (Å²) in [7, 11) is 0. The van der Waals surface area contributed by atoms with Gasteiger partial charge >= 0.3 is 0 Å². The van der Waals surface area contributed by atoms with Crippen molar-refractivity contribution in [3.8, 4) is 5.75 Å². The zero-order chi connectivity index (χ0) is 14.5. The molecular weight excluding hydrogens is 246 g/mol. The molecular formula is C18H29NO. The highest BCUT2D eigenvalue weighted by molar-refractivity contribution is 5.43. The molecule has 2 N–H and O–H groups in total. The maximum atomic E-state index is 6.35. The van der Waals surface area contributed by atoms with Crippen LogP contribution in [0.15, 0.2) is 12.1 Å². The molecule has 0 heterocycles. The molecule has 2 atom stereocenters. The Balaban J connectivity index is 2.09. The van der Waals surface area contributed by atoms with E-state index in [9.17, 15) is 0 Å². The van der Waals surface area contributed by atoms with Gasteiger partial charge in [0.05, 0.1) is 6.10 Å². The molecule has 1 fully saturated rings. The highest BCUT2D eigenvalue weighted by atomic mass is 16.5. The van der Waals surface area contributed by atoms with Crippen molar-refractivity contribution in [1.82, 2.24) is 0 Å². The summed E-state index contributed by atoms with van der Waals surface area (Å²) in [6.45, 7) is 7.32. The molecule has 0 saturated heterocycles. The van der Waals surface area contributed by atoms with Crippen LogP contribution in [0.25, 0.3) is 0 Å². The van der Waals surface area contributed by atoms with Gasteiger partial charge in [-0.1, -0.05) is 31.9 Å². The number of hydrogen-bond donors (Lipinski definition) is 1. The van der Waals surface area contributed by atoms with Crippen LogP contribution in [0.3, 0.4) is 0 Å². The van der Waals surface area contributed by atoms with E-state index in [1.54, 1.807) is 0 Å². The van der Waals surface area contributed by atoms with E-state index < -0.39 is 0 Å². The van der Waals surface area contributed by atoms with Crippen LogP contribution in [0.4, 0.5) is 0 Å². The Morgan fingerprint density at radius 3 is 2.50 bits per heavy atom. The Labute approximate surface area is 123 Å². The molecule has 1 aliphatic carbocycles. The number of benzene rings is 1. The van der Waals surface area contributed by atoms with Crippen molar-refractivity contribution < 1.29 is 4.74 Å². The average Bonchev–Trinajstić information content (AvgIpc) is 2.43. The highest BCUT2D eigenvalue weighted by Crippen LogP contribution is 2.32. The Bertz CT molecular complexity index is 418. The fraction of sp³-hybridized carbons (Fsp3) is 0.667. The number of hydrogen-bond acceptors (Lipinski definition) is 2. The Morgan fingerprint density at radius 2 is 1.90 bits per heavy atom. The summed E-state index contributed by atoms with van der Waals surface area (Å²) in [6.07, 6.45) is 7.76. The van der Waals surface area contributed by atoms with E-state index in [0.717, 1.165) is 18.1 Å². The predicted octanol–water partition coefficient (Wildman–Crippen LogP) is 4.15. The molecule has 0 aliphatic heterocycles. The standard InChI is InChI=1S/C18H29NO/c1-4-15-6-5-7-17(12-15)20-18-13(2)10-16(8-9-19)11-14(18)3/h10-11,15,17H,4-9,12,19H2,1-3H3. The average molecular weight is 275 g/mol. The van der Waals surface area contributed by atoms with Gasteiger partial charge in [0.2, 0.25) is 0 Å². The molecule has 20 heavy (non-hydrogen) atoms. The molecule has 2 unspecified atom stereocenters. The molecule has 1 aromatic carbocycles. The van der Waals surface area contributed by atoms with Gasteiger partial charge in [0, 0.05) is 0 Å². The van der Waals surface area contributed by atoms with Crippen LogP contribution in [0.5, 0.6) is 5.75 Å². The molecule has 1 aromatic rings. The molecule has 2 heteroatoms. The summed E-state index contributed by atoms with van der Waals surface area (Å²) in [6, 6.07) is 4.46. The number of rotatable bonds is 5. The molecule has 0 aromatic heterocycles. The lowest BCUT2D eigenvalue weighted by Gasteiger charge is -2.30. The van der Waals surface area contributed by atoms with E-state index in [-0.39, 0.29) is 0 Å². The summed E-state index contributed by atoms with van der Waals surface area (Å²) in [5, 5.41) is 0. The monoisotopic (exact) mass is 275 g/mol. The van der Waals surface area contributed by atoms with Gasteiger partial charge in [-0.2, -0.15) is 0 Å². The molecule has 0 bridgehead atoms. The van der Waals surface area contributed by atoms with Crippen LogP contribution in [0.2, 0.25) is 0 Å². The van der Waals surface area contributed by atoms with Gasteiger partial charge in [-0.05, 0) is 68.7 Å². The first-order valence-corrected chi connectivity index (χ1v) is 8.10. The van der Waals surface area contributed by atoms with Crippen LogP contribution in [0.1, 0.15) is 55.7 Å². The molecule has 0 radical (unpaired) electrons. The molecule has 112 valence electrons. The summed E-state index contributed by atoms with van der Waals surface area (Å²) >= 11 is 0. The topological polar surface area (TPSA) is 35.2 Å². The largest absolute Gasteiger partial charge is 0.490 e. The molecule has 1 aliphatic rings. The highest BCUT2D eigenvalue weighted by Gasteiger charge is 2.23. The second kappa shape index (κ2) is 7.12. The maximum absolute atomic E-state index is 6.35. The maximum Gasteiger partial charge on any atom is 0.125 e. The Hall–Kier alpha value is -1.02. The molecule has 2 rings (SSSR count). The van der Waals surface area contributed by atoms with E-state index in [0.29, 0.717) is 12.6 Å². The Kier molecular flexibility index (Phi) is 5.47. The van der Waals surface area contributed by atoms with E-state index in [1.807, 2.05) is 0 Å². The first-order valence-electron chi connectivity index (χ1n) is 8.10. The van der Waals surface area contributed by atoms with Crippen molar-refractivity contribution in [1.29, 1.82) is 0 Å². The fourth-order valence-electron chi connectivity index (χ4n) is 3.42. The van der Waals surface area contributed by atoms with Crippen molar-refractivity contribution in [3.63, 3.8) is 0 Å². The summed E-state index contributed by atoms with van der Waals surface area (Å²) in [4.78, 5) is 0. The van der Waals surface area contributed by atoms with Gasteiger partial charge in [0.1, 0.15) is 5.75 Å². The van der Waals surface area contributed by atoms with E-state index in [1.165, 1.54) is 48.8 Å². The van der Waals surface area contributed by atoms with Crippen LogP contribution in [0, 0.1) is 19.8 Å². The fourth-order valence-corrected chi connectivity index (χ4v) is 3.42. The minimum absolute atomic E-state index is 0.409. The zero-order valence-corrected chi connectivity index (χ0v) is 13.2. The van der Waals surface area contributed by atoms with Crippen molar-refractivity contribution >= 4 is 0 Å². The third-order valence-corrected chi connectivity index (χ3v) is 4.55. The van der Waals surface area contributed by atoms with Gasteiger partial charge in [-0.15, -0.1) is 0 Å². The van der Waals surface area contributed by atoms with E-state index in [4.69, 9.17) is 10.5 Å². The minimum atomic E-state index is 0.409. The number of aryl methyl sites for hydroxylation is 2.